The number of fused-ring (bicyclic) bond motifs is 1. The van der Waals surface area contributed by atoms with Crippen LogP contribution >= 0.6 is 0 Å². The zero-order valence-electron chi connectivity index (χ0n) is 17.0. The Balaban J connectivity index is 1.45. The predicted octanol–water partition coefficient (Wildman–Crippen LogP) is 2.29. The van der Waals surface area contributed by atoms with Gasteiger partial charge in [0, 0.05) is 43.3 Å². The van der Waals surface area contributed by atoms with E-state index in [-0.39, 0.29) is 35.2 Å². The minimum atomic E-state index is -0.363. The highest BCUT2D eigenvalue weighted by Gasteiger charge is 2.38. The van der Waals surface area contributed by atoms with Crippen molar-refractivity contribution in [1.29, 1.82) is 0 Å². The van der Waals surface area contributed by atoms with E-state index in [1.807, 2.05) is 18.2 Å². The molecule has 4 amide bonds. The van der Waals surface area contributed by atoms with Crippen LogP contribution in [0.1, 0.15) is 55.3 Å². The summed E-state index contributed by atoms with van der Waals surface area (Å²) in [5.74, 6) is -0.930. The lowest BCUT2D eigenvalue weighted by molar-refractivity contribution is 0.0535. The van der Waals surface area contributed by atoms with E-state index in [4.69, 9.17) is 0 Å². The molecule has 0 N–H and O–H groups in total. The van der Waals surface area contributed by atoms with Gasteiger partial charge in [0.2, 0.25) is 0 Å². The summed E-state index contributed by atoms with van der Waals surface area (Å²) in [7, 11) is 0. The fourth-order valence-corrected chi connectivity index (χ4v) is 3.92. The number of carbonyl (C=O) groups excluding carboxylic acids is 4. The van der Waals surface area contributed by atoms with Gasteiger partial charge in [-0.2, -0.15) is 0 Å². The van der Waals surface area contributed by atoms with Gasteiger partial charge in [0.1, 0.15) is 0 Å². The number of carbonyl (C=O) groups is 4. The lowest BCUT2D eigenvalue weighted by atomic mass is 10.0. The van der Waals surface area contributed by atoms with Crippen molar-refractivity contribution < 1.29 is 19.2 Å². The van der Waals surface area contributed by atoms with Crippen LogP contribution in [0, 0.1) is 0 Å². The number of hydrogen-bond acceptors (Lipinski definition) is 4. The summed E-state index contributed by atoms with van der Waals surface area (Å²) < 4.78 is 0. The number of piperazine rings is 1. The first-order chi connectivity index (χ1) is 14.4. The lowest BCUT2D eigenvalue weighted by Crippen LogP contribution is -2.50. The molecule has 4 rings (SSSR count). The first kappa shape index (κ1) is 19.8. The molecule has 2 aromatic carbocycles. The number of hydrogen-bond donors (Lipinski definition) is 0. The third-order valence-corrected chi connectivity index (χ3v) is 5.56. The SMILES string of the molecule is CC(C)N1C(=O)c2ccc(C(=O)N3CCN(C(=O)c4ccccc4)CC3)cc2C1=O. The molecule has 0 atom stereocenters. The van der Waals surface area contributed by atoms with Crippen LogP contribution in [-0.4, -0.2) is 70.5 Å². The molecule has 2 heterocycles. The van der Waals surface area contributed by atoms with Crippen molar-refractivity contribution in [2.75, 3.05) is 26.2 Å². The molecular weight excluding hydrogens is 382 g/mol. The van der Waals surface area contributed by atoms with Crippen LogP contribution in [0.5, 0.6) is 0 Å². The van der Waals surface area contributed by atoms with Crippen molar-refractivity contribution >= 4 is 23.6 Å². The highest BCUT2D eigenvalue weighted by Crippen LogP contribution is 2.26. The Morgan fingerprint density at radius 1 is 0.733 bits per heavy atom. The second-order valence-electron chi connectivity index (χ2n) is 7.78. The van der Waals surface area contributed by atoms with Gasteiger partial charge in [0.25, 0.3) is 23.6 Å². The van der Waals surface area contributed by atoms with Gasteiger partial charge in [-0.05, 0) is 44.2 Å². The average molecular weight is 405 g/mol. The first-order valence-electron chi connectivity index (χ1n) is 10.0. The zero-order chi connectivity index (χ0) is 21.4. The Morgan fingerprint density at radius 2 is 1.27 bits per heavy atom. The maximum absolute atomic E-state index is 13.0. The summed E-state index contributed by atoms with van der Waals surface area (Å²) in [5.41, 5.74) is 1.62. The Bertz CT molecular complexity index is 1020. The maximum atomic E-state index is 13.0. The van der Waals surface area contributed by atoms with E-state index in [2.05, 4.69) is 0 Å². The fraction of sp³-hybridized carbons (Fsp3) is 0.304. The van der Waals surface area contributed by atoms with Crippen LogP contribution in [0.2, 0.25) is 0 Å². The molecule has 7 heteroatoms. The van der Waals surface area contributed by atoms with Gasteiger partial charge in [0.15, 0.2) is 0 Å². The average Bonchev–Trinajstić information content (AvgIpc) is 3.03. The summed E-state index contributed by atoms with van der Waals surface area (Å²) in [5, 5.41) is 0. The molecule has 0 saturated carbocycles. The van der Waals surface area contributed by atoms with Gasteiger partial charge in [-0.25, -0.2) is 0 Å². The molecule has 0 aliphatic carbocycles. The topological polar surface area (TPSA) is 78.0 Å². The first-order valence-corrected chi connectivity index (χ1v) is 10.0. The van der Waals surface area contributed by atoms with Crippen LogP contribution in [0.4, 0.5) is 0 Å². The zero-order valence-corrected chi connectivity index (χ0v) is 17.0. The van der Waals surface area contributed by atoms with Crippen LogP contribution in [-0.2, 0) is 0 Å². The van der Waals surface area contributed by atoms with Crippen LogP contribution < -0.4 is 0 Å². The normalized spacial score (nSPS) is 16.3. The summed E-state index contributed by atoms with van der Waals surface area (Å²) >= 11 is 0. The minimum absolute atomic E-state index is 0.0434. The summed E-state index contributed by atoms with van der Waals surface area (Å²) in [6.45, 7) is 5.29. The molecule has 0 bridgehead atoms. The van der Waals surface area contributed by atoms with Crippen LogP contribution in [0.25, 0.3) is 0 Å². The van der Waals surface area contributed by atoms with E-state index < -0.39 is 0 Å². The van der Waals surface area contributed by atoms with E-state index in [0.717, 1.165) is 0 Å². The Kier molecular flexibility index (Phi) is 5.11. The molecule has 0 unspecified atom stereocenters. The maximum Gasteiger partial charge on any atom is 0.261 e. The lowest BCUT2D eigenvalue weighted by Gasteiger charge is -2.35. The van der Waals surface area contributed by atoms with Gasteiger partial charge in [-0.3, -0.25) is 24.1 Å². The molecule has 7 nitrogen and oxygen atoms in total. The Hall–Kier alpha value is -3.48. The molecule has 2 aliphatic rings. The standard InChI is InChI=1S/C23H23N3O4/c1-15(2)26-22(29)18-9-8-17(14-19(18)23(26)30)21(28)25-12-10-24(11-13-25)20(27)16-6-4-3-5-7-16/h3-9,14-15H,10-13H2,1-2H3. The fourth-order valence-electron chi connectivity index (χ4n) is 3.92. The highest BCUT2D eigenvalue weighted by molar-refractivity contribution is 6.22. The monoisotopic (exact) mass is 405 g/mol. The number of nitrogens with zero attached hydrogens (tertiary/aromatic N) is 3. The number of imide groups is 1. The van der Waals surface area contributed by atoms with Crippen molar-refractivity contribution in [2.45, 2.75) is 19.9 Å². The van der Waals surface area contributed by atoms with Crippen molar-refractivity contribution in [2.24, 2.45) is 0 Å². The van der Waals surface area contributed by atoms with E-state index in [1.165, 1.54) is 11.0 Å². The molecule has 0 spiro atoms. The summed E-state index contributed by atoms with van der Waals surface area (Å²) in [6, 6.07) is 13.5. The van der Waals surface area contributed by atoms with E-state index in [0.29, 0.717) is 42.9 Å². The van der Waals surface area contributed by atoms with Crippen molar-refractivity contribution in [3.05, 3.63) is 70.8 Å². The number of benzene rings is 2. The third kappa shape index (κ3) is 3.36. The molecule has 154 valence electrons. The smallest absolute Gasteiger partial charge is 0.261 e. The van der Waals surface area contributed by atoms with Crippen molar-refractivity contribution in [3.63, 3.8) is 0 Å². The molecule has 1 fully saturated rings. The summed E-state index contributed by atoms with van der Waals surface area (Å²) in [6.07, 6.45) is 0. The second kappa shape index (κ2) is 7.74. The van der Waals surface area contributed by atoms with Crippen molar-refractivity contribution in [3.8, 4) is 0 Å². The molecule has 0 aromatic heterocycles. The summed E-state index contributed by atoms with van der Waals surface area (Å²) in [4.78, 5) is 55.2. The van der Waals surface area contributed by atoms with Gasteiger partial charge >= 0.3 is 0 Å². The largest absolute Gasteiger partial charge is 0.335 e. The molecular formula is C23H23N3O4. The third-order valence-electron chi connectivity index (χ3n) is 5.56. The molecule has 0 radical (unpaired) electrons. The van der Waals surface area contributed by atoms with Gasteiger partial charge < -0.3 is 9.80 Å². The van der Waals surface area contributed by atoms with Gasteiger partial charge in [-0.15, -0.1) is 0 Å². The number of amides is 4. The second-order valence-corrected chi connectivity index (χ2v) is 7.78. The number of rotatable bonds is 3. The highest BCUT2D eigenvalue weighted by atomic mass is 16.2. The molecule has 2 aromatic rings. The van der Waals surface area contributed by atoms with Crippen LogP contribution in [0.15, 0.2) is 48.5 Å². The molecule has 1 saturated heterocycles. The van der Waals surface area contributed by atoms with Gasteiger partial charge in [-0.1, -0.05) is 18.2 Å². The molecule has 30 heavy (non-hydrogen) atoms. The van der Waals surface area contributed by atoms with Crippen molar-refractivity contribution in [1.82, 2.24) is 14.7 Å². The Morgan fingerprint density at radius 3 is 1.83 bits per heavy atom. The Labute approximate surface area is 174 Å². The minimum Gasteiger partial charge on any atom is -0.335 e. The van der Waals surface area contributed by atoms with Gasteiger partial charge in [0.05, 0.1) is 11.1 Å². The molecule has 2 aliphatic heterocycles. The van der Waals surface area contributed by atoms with E-state index >= 15 is 0 Å². The van der Waals surface area contributed by atoms with Crippen LogP contribution in [0.3, 0.4) is 0 Å². The van der Waals surface area contributed by atoms with E-state index in [1.54, 1.807) is 47.9 Å². The quantitative estimate of drug-likeness (QED) is 0.734. The predicted molar refractivity (Wildman–Crippen MR) is 110 cm³/mol. The van der Waals surface area contributed by atoms with E-state index in [9.17, 15) is 19.2 Å².